The first-order valence-electron chi connectivity index (χ1n) is 6.83. The Morgan fingerprint density at radius 1 is 1.38 bits per heavy atom. The van der Waals surface area contributed by atoms with Crippen molar-refractivity contribution in [1.29, 1.82) is 0 Å². The molecule has 0 spiro atoms. The minimum Gasteiger partial charge on any atom is -0.350 e. The summed E-state index contributed by atoms with van der Waals surface area (Å²) in [5, 5.41) is 7.17. The minimum atomic E-state index is -0.878. The molecule has 2 heterocycles. The lowest BCUT2D eigenvalue weighted by Crippen LogP contribution is -2.48. The van der Waals surface area contributed by atoms with Crippen molar-refractivity contribution in [2.45, 2.75) is 39.8 Å². The highest BCUT2D eigenvalue weighted by Gasteiger charge is 2.21. The maximum Gasteiger partial charge on any atom is 0.239 e. The average Bonchev–Trinajstić information content (AvgIpc) is 2.74. The molecule has 112 valence electrons. The minimum absolute atomic E-state index is 0.190. The molecule has 2 aromatic heterocycles. The van der Waals surface area contributed by atoms with E-state index in [1.807, 2.05) is 32.0 Å². The van der Waals surface area contributed by atoms with E-state index in [2.05, 4.69) is 15.4 Å². The van der Waals surface area contributed by atoms with E-state index in [9.17, 15) is 4.79 Å². The van der Waals surface area contributed by atoms with Crippen molar-refractivity contribution < 1.29 is 4.79 Å². The Morgan fingerprint density at radius 3 is 2.57 bits per heavy atom. The van der Waals surface area contributed by atoms with Crippen molar-refractivity contribution in [1.82, 2.24) is 20.1 Å². The summed E-state index contributed by atoms with van der Waals surface area (Å²) < 4.78 is 1.79. The highest BCUT2D eigenvalue weighted by atomic mass is 16.2. The maximum absolute atomic E-state index is 11.7. The SMILES string of the molecule is Cc1cc(C)n(-c2ccc(CNC(=O)C(C)(C)N)cn2)n1. The number of aromatic nitrogens is 3. The topological polar surface area (TPSA) is 85.8 Å². The highest BCUT2D eigenvalue weighted by molar-refractivity contribution is 5.84. The van der Waals surface area contributed by atoms with Crippen LogP contribution in [0.3, 0.4) is 0 Å². The van der Waals surface area contributed by atoms with Crippen molar-refractivity contribution in [2.24, 2.45) is 5.73 Å². The van der Waals surface area contributed by atoms with Gasteiger partial charge in [-0.05, 0) is 45.4 Å². The van der Waals surface area contributed by atoms with Gasteiger partial charge in [0, 0.05) is 18.4 Å². The van der Waals surface area contributed by atoms with Crippen LogP contribution in [0.15, 0.2) is 24.4 Å². The van der Waals surface area contributed by atoms with Gasteiger partial charge in [0.05, 0.1) is 11.2 Å². The number of rotatable bonds is 4. The second kappa shape index (κ2) is 5.65. The first-order valence-corrected chi connectivity index (χ1v) is 6.83. The fourth-order valence-electron chi connectivity index (χ4n) is 1.92. The summed E-state index contributed by atoms with van der Waals surface area (Å²) in [7, 11) is 0. The largest absolute Gasteiger partial charge is 0.350 e. The molecule has 21 heavy (non-hydrogen) atoms. The lowest BCUT2D eigenvalue weighted by molar-refractivity contribution is -0.125. The molecular weight excluding hydrogens is 266 g/mol. The molecule has 2 rings (SSSR count). The number of hydrogen-bond acceptors (Lipinski definition) is 4. The summed E-state index contributed by atoms with van der Waals surface area (Å²) >= 11 is 0. The van der Waals surface area contributed by atoms with E-state index in [1.54, 1.807) is 24.7 Å². The predicted molar refractivity (Wildman–Crippen MR) is 80.9 cm³/mol. The zero-order valence-corrected chi connectivity index (χ0v) is 12.8. The number of carbonyl (C=O) groups excluding carboxylic acids is 1. The second-order valence-electron chi connectivity index (χ2n) is 5.77. The smallest absolute Gasteiger partial charge is 0.239 e. The normalized spacial score (nSPS) is 11.5. The summed E-state index contributed by atoms with van der Waals surface area (Å²) in [6.07, 6.45) is 1.73. The molecule has 0 fully saturated rings. The predicted octanol–water partition coefficient (Wildman–Crippen LogP) is 1.24. The van der Waals surface area contributed by atoms with Crippen LogP contribution in [-0.2, 0) is 11.3 Å². The van der Waals surface area contributed by atoms with E-state index in [1.165, 1.54) is 0 Å². The fourth-order valence-corrected chi connectivity index (χ4v) is 1.92. The molecule has 1 amide bonds. The van der Waals surface area contributed by atoms with E-state index in [0.717, 1.165) is 22.8 Å². The lowest BCUT2D eigenvalue weighted by Gasteiger charge is -2.17. The van der Waals surface area contributed by atoms with Crippen molar-refractivity contribution in [3.63, 3.8) is 0 Å². The van der Waals surface area contributed by atoms with E-state index < -0.39 is 5.54 Å². The third-order valence-electron chi connectivity index (χ3n) is 3.07. The van der Waals surface area contributed by atoms with Gasteiger partial charge in [-0.15, -0.1) is 0 Å². The van der Waals surface area contributed by atoms with Gasteiger partial charge in [0.1, 0.15) is 0 Å². The third-order valence-corrected chi connectivity index (χ3v) is 3.07. The van der Waals surface area contributed by atoms with Crippen molar-refractivity contribution in [2.75, 3.05) is 0 Å². The highest BCUT2D eigenvalue weighted by Crippen LogP contribution is 2.10. The quantitative estimate of drug-likeness (QED) is 0.886. The van der Waals surface area contributed by atoms with Crippen LogP contribution in [0.5, 0.6) is 0 Å². The van der Waals surface area contributed by atoms with E-state index in [4.69, 9.17) is 5.73 Å². The molecule has 0 aliphatic carbocycles. The van der Waals surface area contributed by atoms with Crippen LogP contribution in [0.2, 0.25) is 0 Å². The molecule has 0 atom stereocenters. The van der Waals surface area contributed by atoms with Gasteiger partial charge in [-0.25, -0.2) is 9.67 Å². The number of nitrogens with one attached hydrogen (secondary N) is 1. The van der Waals surface area contributed by atoms with Crippen LogP contribution in [0.25, 0.3) is 5.82 Å². The van der Waals surface area contributed by atoms with E-state index in [0.29, 0.717) is 6.54 Å². The summed E-state index contributed by atoms with van der Waals surface area (Å²) in [6.45, 7) is 7.68. The van der Waals surface area contributed by atoms with Gasteiger partial charge < -0.3 is 11.1 Å². The zero-order valence-electron chi connectivity index (χ0n) is 12.8. The van der Waals surface area contributed by atoms with Crippen LogP contribution in [0.4, 0.5) is 0 Å². The monoisotopic (exact) mass is 287 g/mol. The molecule has 0 aromatic carbocycles. The van der Waals surface area contributed by atoms with Gasteiger partial charge in [-0.1, -0.05) is 6.07 Å². The van der Waals surface area contributed by atoms with E-state index in [-0.39, 0.29) is 5.91 Å². The fraction of sp³-hybridized carbons (Fsp3) is 0.400. The first-order chi connectivity index (χ1) is 9.77. The Balaban J connectivity index is 2.06. The van der Waals surface area contributed by atoms with Gasteiger partial charge in [0.25, 0.3) is 0 Å². The number of hydrogen-bond donors (Lipinski definition) is 2. The molecule has 6 nitrogen and oxygen atoms in total. The molecule has 0 aliphatic rings. The first kappa shape index (κ1) is 15.2. The van der Waals surface area contributed by atoms with Gasteiger partial charge in [-0.3, -0.25) is 4.79 Å². The average molecular weight is 287 g/mol. The maximum atomic E-state index is 11.7. The number of amides is 1. The number of pyridine rings is 1. The summed E-state index contributed by atoms with van der Waals surface area (Å²) in [5.41, 5.74) is 7.75. The molecule has 0 unspecified atom stereocenters. The molecule has 6 heteroatoms. The van der Waals surface area contributed by atoms with Crippen LogP contribution in [-0.4, -0.2) is 26.2 Å². The van der Waals surface area contributed by atoms with Gasteiger partial charge in [-0.2, -0.15) is 5.10 Å². The Bertz CT molecular complexity index is 637. The second-order valence-corrected chi connectivity index (χ2v) is 5.77. The summed E-state index contributed by atoms with van der Waals surface area (Å²) in [4.78, 5) is 16.1. The van der Waals surface area contributed by atoms with Gasteiger partial charge in [0.2, 0.25) is 5.91 Å². The molecule has 2 aromatic rings. The molecule has 3 N–H and O–H groups in total. The third kappa shape index (κ3) is 3.66. The van der Waals surface area contributed by atoms with Crippen molar-refractivity contribution in [3.05, 3.63) is 41.3 Å². The zero-order chi connectivity index (χ0) is 15.6. The van der Waals surface area contributed by atoms with Gasteiger partial charge >= 0.3 is 0 Å². The molecule has 0 aliphatic heterocycles. The molecular formula is C15H21N5O. The molecule has 0 radical (unpaired) electrons. The van der Waals surface area contributed by atoms with Crippen molar-refractivity contribution >= 4 is 5.91 Å². The molecule has 0 bridgehead atoms. The van der Waals surface area contributed by atoms with Crippen LogP contribution in [0, 0.1) is 13.8 Å². The number of nitrogens with zero attached hydrogens (tertiary/aromatic N) is 3. The van der Waals surface area contributed by atoms with Crippen molar-refractivity contribution in [3.8, 4) is 5.82 Å². The summed E-state index contributed by atoms with van der Waals surface area (Å²) in [6, 6.07) is 5.80. The standard InChI is InChI=1S/C15H21N5O/c1-10-7-11(2)20(19-10)13-6-5-12(8-17-13)9-18-14(21)15(3,4)16/h5-8H,9,16H2,1-4H3,(H,18,21). The number of carbonyl (C=O) groups is 1. The Labute approximate surface area is 124 Å². The van der Waals surface area contributed by atoms with Gasteiger partial charge in [0.15, 0.2) is 5.82 Å². The van der Waals surface area contributed by atoms with E-state index >= 15 is 0 Å². The lowest BCUT2D eigenvalue weighted by atomic mass is 10.1. The van der Waals surface area contributed by atoms with Crippen LogP contribution < -0.4 is 11.1 Å². The van der Waals surface area contributed by atoms with Crippen LogP contribution in [0.1, 0.15) is 30.8 Å². The molecule has 0 saturated carbocycles. The number of nitrogens with two attached hydrogens (primary N) is 1. The molecule has 0 saturated heterocycles. The Kier molecular flexibility index (Phi) is 4.09. The summed E-state index contributed by atoms with van der Waals surface area (Å²) in [5.74, 6) is 0.569. The Morgan fingerprint density at radius 2 is 2.10 bits per heavy atom. The number of aryl methyl sites for hydroxylation is 2. The van der Waals surface area contributed by atoms with Crippen LogP contribution >= 0.6 is 0 Å². The Hall–Kier alpha value is -2.21.